The molecule has 3 heteroatoms. The van der Waals surface area contributed by atoms with E-state index in [0.29, 0.717) is 6.54 Å². The van der Waals surface area contributed by atoms with Gasteiger partial charge in [0.15, 0.2) is 0 Å². The van der Waals surface area contributed by atoms with Crippen LogP contribution in [0.1, 0.15) is 47.5 Å². The zero-order chi connectivity index (χ0) is 11.9. The fourth-order valence-corrected chi connectivity index (χ4v) is 1.97. The molecule has 0 aliphatic carbocycles. The SMILES string of the molecule is CC(C)(C)C(=O)N1CC(O)CCC1(C)C. The molecule has 1 saturated heterocycles. The van der Waals surface area contributed by atoms with Gasteiger partial charge in [0, 0.05) is 17.5 Å². The second kappa shape index (κ2) is 3.78. The Morgan fingerprint density at radius 1 is 1.40 bits per heavy atom. The molecule has 88 valence electrons. The number of β-amino-alcohol motifs (C(OH)–C–C–N with tert-alkyl or cyclic N) is 1. The molecule has 0 aromatic heterocycles. The number of rotatable bonds is 0. The normalized spacial score (nSPS) is 26.5. The summed E-state index contributed by atoms with van der Waals surface area (Å²) in [6.45, 7) is 10.4. The van der Waals surface area contributed by atoms with Crippen LogP contribution in [-0.4, -0.2) is 34.1 Å². The summed E-state index contributed by atoms with van der Waals surface area (Å²) in [5, 5.41) is 9.63. The second-order valence-electron chi connectivity index (χ2n) is 6.17. The number of carbonyl (C=O) groups excluding carboxylic acids is 1. The summed E-state index contributed by atoms with van der Waals surface area (Å²) >= 11 is 0. The van der Waals surface area contributed by atoms with Crippen molar-refractivity contribution in [1.82, 2.24) is 4.90 Å². The monoisotopic (exact) mass is 213 g/mol. The lowest BCUT2D eigenvalue weighted by Gasteiger charge is -2.46. The van der Waals surface area contributed by atoms with Gasteiger partial charge >= 0.3 is 0 Å². The Labute approximate surface area is 92.5 Å². The van der Waals surface area contributed by atoms with Crippen molar-refractivity contribution in [2.75, 3.05) is 6.54 Å². The maximum Gasteiger partial charge on any atom is 0.228 e. The lowest BCUT2D eigenvalue weighted by molar-refractivity contribution is -0.150. The zero-order valence-corrected chi connectivity index (χ0v) is 10.5. The minimum atomic E-state index is -0.367. The van der Waals surface area contributed by atoms with Crippen LogP contribution >= 0.6 is 0 Å². The molecule has 1 amide bonds. The molecule has 0 radical (unpaired) electrons. The molecule has 1 heterocycles. The summed E-state index contributed by atoms with van der Waals surface area (Å²) < 4.78 is 0. The van der Waals surface area contributed by atoms with Crippen LogP contribution in [0.3, 0.4) is 0 Å². The molecule has 0 saturated carbocycles. The van der Waals surface area contributed by atoms with Crippen LogP contribution in [0.25, 0.3) is 0 Å². The Kier molecular flexibility index (Phi) is 3.15. The summed E-state index contributed by atoms with van der Waals surface area (Å²) in [6, 6.07) is 0. The minimum Gasteiger partial charge on any atom is -0.391 e. The quantitative estimate of drug-likeness (QED) is 0.666. The maximum absolute atomic E-state index is 12.2. The van der Waals surface area contributed by atoms with Crippen molar-refractivity contribution in [2.45, 2.75) is 59.1 Å². The van der Waals surface area contributed by atoms with E-state index in [-0.39, 0.29) is 23.0 Å². The van der Waals surface area contributed by atoms with Crippen molar-refractivity contribution in [2.24, 2.45) is 5.41 Å². The molecular formula is C12H23NO2. The highest BCUT2D eigenvalue weighted by Gasteiger charge is 2.40. The summed E-state index contributed by atoms with van der Waals surface area (Å²) in [5.41, 5.74) is -0.488. The first kappa shape index (κ1) is 12.5. The molecule has 0 bridgehead atoms. The summed E-state index contributed by atoms with van der Waals surface area (Å²) in [6.07, 6.45) is 1.31. The molecule has 1 fully saturated rings. The lowest BCUT2D eigenvalue weighted by atomic mass is 9.85. The minimum absolute atomic E-state index is 0.121. The fraction of sp³-hybridized carbons (Fsp3) is 0.917. The molecule has 1 atom stereocenters. The van der Waals surface area contributed by atoms with E-state index < -0.39 is 0 Å². The topological polar surface area (TPSA) is 40.5 Å². The van der Waals surface area contributed by atoms with Gasteiger partial charge in [-0.25, -0.2) is 0 Å². The molecule has 1 unspecified atom stereocenters. The highest BCUT2D eigenvalue weighted by atomic mass is 16.3. The van der Waals surface area contributed by atoms with Crippen LogP contribution < -0.4 is 0 Å². The summed E-state index contributed by atoms with van der Waals surface area (Å²) in [7, 11) is 0. The standard InChI is InChI=1S/C12H23NO2/c1-11(2,3)10(15)13-8-9(14)6-7-12(13,4)5/h9,14H,6-8H2,1-5H3. The highest BCUT2D eigenvalue weighted by Crippen LogP contribution is 2.31. The molecule has 1 N–H and O–H groups in total. The van der Waals surface area contributed by atoms with Gasteiger partial charge < -0.3 is 10.0 Å². The second-order valence-corrected chi connectivity index (χ2v) is 6.17. The van der Waals surface area contributed by atoms with Crippen molar-refractivity contribution in [3.05, 3.63) is 0 Å². The van der Waals surface area contributed by atoms with Crippen molar-refractivity contribution in [3.8, 4) is 0 Å². The average Bonchev–Trinajstić information content (AvgIpc) is 2.06. The largest absolute Gasteiger partial charge is 0.391 e. The lowest BCUT2D eigenvalue weighted by Crippen LogP contribution is -2.57. The maximum atomic E-state index is 12.2. The number of hydrogen-bond donors (Lipinski definition) is 1. The molecule has 0 aromatic carbocycles. The Morgan fingerprint density at radius 2 is 1.93 bits per heavy atom. The first-order chi connectivity index (χ1) is 6.64. The summed E-state index contributed by atoms with van der Waals surface area (Å²) in [5.74, 6) is 0.131. The van der Waals surface area contributed by atoms with E-state index in [0.717, 1.165) is 12.8 Å². The molecule has 1 aliphatic rings. The molecule has 1 rings (SSSR count). The van der Waals surface area contributed by atoms with Gasteiger partial charge in [0.1, 0.15) is 0 Å². The molecule has 15 heavy (non-hydrogen) atoms. The van der Waals surface area contributed by atoms with Crippen LogP contribution in [0, 0.1) is 5.41 Å². The van der Waals surface area contributed by atoms with E-state index in [2.05, 4.69) is 13.8 Å². The van der Waals surface area contributed by atoms with Crippen LogP contribution in [0.5, 0.6) is 0 Å². The third kappa shape index (κ3) is 2.71. The first-order valence-corrected chi connectivity index (χ1v) is 5.65. The Hall–Kier alpha value is -0.570. The van der Waals surface area contributed by atoms with Gasteiger partial charge in [0.25, 0.3) is 0 Å². The van der Waals surface area contributed by atoms with E-state index in [9.17, 15) is 9.90 Å². The van der Waals surface area contributed by atoms with E-state index >= 15 is 0 Å². The van der Waals surface area contributed by atoms with Gasteiger partial charge in [-0.2, -0.15) is 0 Å². The van der Waals surface area contributed by atoms with E-state index in [1.807, 2.05) is 25.7 Å². The Morgan fingerprint density at radius 3 is 2.40 bits per heavy atom. The number of nitrogens with zero attached hydrogens (tertiary/aromatic N) is 1. The van der Waals surface area contributed by atoms with Crippen molar-refractivity contribution in [3.63, 3.8) is 0 Å². The molecule has 0 spiro atoms. The molecule has 3 nitrogen and oxygen atoms in total. The number of hydrogen-bond acceptors (Lipinski definition) is 2. The number of aliphatic hydroxyl groups excluding tert-OH is 1. The van der Waals surface area contributed by atoms with Gasteiger partial charge in [0.2, 0.25) is 5.91 Å². The number of likely N-dealkylation sites (tertiary alicyclic amines) is 1. The van der Waals surface area contributed by atoms with E-state index in [4.69, 9.17) is 0 Å². The van der Waals surface area contributed by atoms with Gasteiger partial charge in [-0.05, 0) is 26.7 Å². The van der Waals surface area contributed by atoms with Crippen molar-refractivity contribution >= 4 is 5.91 Å². The summed E-state index contributed by atoms with van der Waals surface area (Å²) in [4.78, 5) is 14.0. The van der Waals surface area contributed by atoms with Gasteiger partial charge in [-0.15, -0.1) is 0 Å². The average molecular weight is 213 g/mol. The fourth-order valence-electron chi connectivity index (χ4n) is 1.97. The van der Waals surface area contributed by atoms with Crippen LogP contribution in [0.2, 0.25) is 0 Å². The van der Waals surface area contributed by atoms with E-state index in [1.165, 1.54) is 0 Å². The molecule has 0 aromatic rings. The number of amides is 1. The third-order valence-corrected chi connectivity index (χ3v) is 3.10. The number of carbonyl (C=O) groups is 1. The highest BCUT2D eigenvalue weighted by molar-refractivity contribution is 5.82. The number of piperidine rings is 1. The molecular weight excluding hydrogens is 190 g/mol. The van der Waals surface area contributed by atoms with E-state index in [1.54, 1.807) is 0 Å². The molecule has 1 aliphatic heterocycles. The predicted molar refractivity (Wildman–Crippen MR) is 60.5 cm³/mol. The van der Waals surface area contributed by atoms with Crippen LogP contribution in [0.4, 0.5) is 0 Å². The third-order valence-electron chi connectivity index (χ3n) is 3.10. The smallest absolute Gasteiger partial charge is 0.228 e. The van der Waals surface area contributed by atoms with Crippen LogP contribution in [0.15, 0.2) is 0 Å². The van der Waals surface area contributed by atoms with Gasteiger partial charge in [-0.3, -0.25) is 4.79 Å². The predicted octanol–water partition coefficient (Wildman–Crippen LogP) is 1.79. The zero-order valence-electron chi connectivity index (χ0n) is 10.5. The number of aliphatic hydroxyl groups is 1. The first-order valence-electron chi connectivity index (χ1n) is 5.65. The van der Waals surface area contributed by atoms with Gasteiger partial charge in [-0.1, -0.05) is 20.8 Å². The van der Waals surface area contributed by atoms with Crippen molar-refractivity contribution < 1.29 is 9.90 Å². The van der Waals surface area contributed by atoms with Crippen LogP contribution in [-0.2, 0) is 4.79 Å². The van der Waals surface area contributed by atoms with Crippen molar-refractivity contribution in [1.29, 1.82) is 0 Å². The Balaban J connectivity index is 2.86. The Bertz CT molecular complexity index is 253. The van der Waals surface area contributed by atoms with Gasteiger partial charge in [0.05, 0.1) is 6.10 Å².